The van der Waals surface area contributed by atoms with Gasteiger partial charge in [-0.25, -0.2) is 8.42 Å². The first kappa shape index (κ1) is 12.9. The van der Waals surface area contributed by atoms with E-state index < -0.39 is 20.2 Å². The number of hydrogen-bond acceptors (Lipinski definition) is 4. The van der Waals surface area contributed by atoms with Gasteiger partial charge >= 0.3 is 11.1 Å². The van der Waals surface area contributed by atoms with Gasteiger partial charge in [0.05, 0.1) is 15.9 Å². The predicted octanol–water partition coefficient (Wildman–Crippen LogP) is 1.30. The van der Waals surface area contributed by atoms with E-state index in [1.54, 1.807) is 12.1 Å². The Labute approximate surface area is 116 Å². The highest BCUT2D eigenvalue weighted by atomic mass is 35.7. The average molecular weight is 311 g/mol. The minimum Gasteiger partial charge on any atom is -0.316 e. The van der Waals surface area contributed by atoms with Crippen LogP contribution in [0.1, 0.15) is 0 Å². The number of halogens is 1. The fourth-order valence-electron chi connectivity index (χ4n) is 2.05. The van der Waals surface area contributed by atoms with E-state index in [0.717, 1.165) is 0 Å². The lowest BCUT2D eigenvalue weighted by atomic mass is 10.1. The van der Waals surface area contributed by atoms with Crippen LogP contribution in [0.15, 0.2) is 44.8 Å². The molecule has 102 valence electrons. The summed E-state index contributed by atoms with van der Waals surface area (Å²) < 4.78 is 22.6. The van der Waals surface area contributed by atoms with Crippen LogP contribution in [-0.2, 0) is 9.05 Å². The molecule has 3 rings (SSSR count). The Kier molecular flexibility index (Phi) is 2.70. The van der Waals surface area contributed by atoms with Crippen molar-refractivity contribution in [2.45, 2.75) is 4.90 Å². The Balaban J connectivity index is 2.47. The van der Waals surface area contributed by atoms with Crippen molar-refractivity contribution in [2.24, 2.45) is 0 Å². The Bertz CT molecular complexity index is 1070. The first-order valence-corrected chi connectivity index (χ1v) is 7.81. The molecule has 0 amide bonds. The Hall–Kier alpha value is -2.12. The van der Waals surface area contributed by atoms with Gasteiger partial charge in [0.2, 0.25) is 0 Å². The van der Waals surface area contributed by atoms with E-state index >= 15 is 0 Å². The van der Waals surface area contributed by atoms with E-state index in [1.807, 2.05) is 0 Å². The van der Waals surface area contributed by atoms with Crippen molar-refractivity contribution in [3.63, 3.8) is 0 Å². The van der Waals surface area contributed by atoms with Crippen molar-refractivity contribution in [3.05, 3.63) is 51.0 Å². The summed E-state index contributed by atoms with van der Waals surface area (Å²) in [6, 6.07) is 7.49. The number of aromatic nitrogens is 2. The van der Waals surface area contributed by atoms with Crippen molar-refractivity contribution in [1.82, 2.24) is 9.97 Å². The molecule has 0 spiro atoms. The van der Waals surface area contributed by atoms with Crippen LogP contribution in [0.2, 0.25) is 0 Å². The van der Waals surface area contributed by atoms with Gasteiger partial charge in [-0.2, -0.15) is 0 Å². The van der Waals surface area contributed by atoms with E-state index in [1.165, 1.54) is 18.2 Å². The smallest absolute Gasteiger partial charge is 0.314 e. The van der Waals surface area contributed by atoms with Gasteiger partial charge in [-0.05, 0) is 23.6 Å². The number of hydrogen-bond donors (Lipinski definition) is 2. The third-order valence-electron chi connectivity index (χ3n) is 2.97. The van der Waals surface area contributed by atoms with Gasteiger partial charge in [0.1, 0.15) is 0 Å². The summed E-state index contributed by atoms with van der Waals surface area (Å²) in [5.41, 5.74) is -0.606. The highest BCUT2D eigenvalue weighted by Crippen LogP contribution is 2.25. The molecule has 0 aliphatic carbocycles. The lowest BCUT2D eigenvalue weighted by Gasteiger charge is -2.04. The summed E-state index contributed by atoms with van der Waals surface area (Å²) in [4.78, 5) is 27.5. The maximum absolute atomic E-state index is 11.4. The Morgan fingerprint density at radius 1 is 0.950 bits per heavy atom. The molecular weight excluding hydrogens is 304 g/mol. The molecule has 0 bridgehead atoms. The second-order valence-corrected chi connectivity index (χ2v) is 6.78. The summed E-state index contributed by atoms with van der Waals surface area (Å²) in [6.07, 6.45) is 0. The van der Waals surface area contributed by atoms with Crippen molar-refractivity contribution in [3.8, 4) is 0 Å². The maximum atomic E-state index is 11.4. The minimum absolute atomic E-state index is 0.0298. The van der Waals surface area contributed by atoms with Crippen LogP contribution in [0, 0.1) is 0 Å². The number of H-pyrrole nitrogens is 2. The number of aromatic amines is 2. The Morgan fingerprint density at radius 3 is 2.35 bits per heavy atom. The second-order valence-electron chi connectivity index (χ2n) is 4.22. The SMILES string of the molecule is O=c1[nH]c2ccc3cc(S(=O)(=O)Cl)ccc3c2[nH]c1=O. The first-order chi connectivity index (χ1) is 9.36. The molecule has 3 aromatic rings. The fraction of sp³-hybridized carbons (Fsp3) is 0. The van der Waals surface area contributed by atoms with Crippen molar-refractivity contribution in [2.75, 3.05) is 0 Å². The van der Waals surface area contributed by atoms with Gasteiger partial charge in [0, 0.05) is 16.1 Å². The van der Waals surface area contributed by atoms with E-state index in [0.29, 0.717) is 21.8 Å². The monoisotopic (exact) mass is 310 g/mol. The number of benzene rings is 2. The molecule has 0 aliphatic heterocycles. The molecule has 1 heterocycles. The summed E-state index contributed by atoms with van der Waals surface area (Å²) in [5.74, 6) is 0. The molecule has 1 aromatic heterocycles. The lowest BCUT2D eigenvalue weighted by Crippen LogP contribution is -2.28. The normalized spacial score (nSPS) is 12.1. The molecule has 8 heteroatoms. The zero-order chi connectivity index (χ0) is 14.5. The molecule has 0 radical (unpaired) electrons. The third-order valence-corrected chi connectivity index (χ3v) is 4.32. The van der Waals surface area contributed by atoms with Gasteiger partial charge in [-0.1, -0.05) is 12.1 Å². The largest absolute Gasteiger partial charge is 0.316 e. The van der Waals surface area contributed by atoms with Gasteiger partial charge in [0.25, 0.3) is 9.05 Å². The molecule has 0 atom stereocenters. The number of nitrogens with one attached hydrogen (secondary N) is 2. The summed E-state index contributed by atoms with van der Waals surface area (Å²) in [5, 5.41) is 1.20. The molecule has 0 saturated carbocycles. The summed E-state index contributed by atoms with van der Waals surface area (Å²) in [6.45, 7) is 0. The molecule has 6 nitrogen and oxygen atoms in total. The molecule has 0 aliphatic rings. The molecule has 0 unspecified atom stereocenters. The zero-order valence-corrected chi connectivity index (χ0v) is 11.4. The van der Waals surface area contributed by atoms with E-state index in [9.17, 15) is 18.0 Å². The molecule has 2 N–H and O–H groups in total. The van der Waals surface area contributed by atoms with Gasteiger partial charge < -0.3 is 9.97 Å². The fourth-order valence-corrected chi connectivity index (χ4v) is 2.83. The van der Waals surface area contributed by atoms with Crippen LogP contribution in [0.4, 0.5) is 0 Å². The van der Waals surface area contributed by atoms with Gasteiger partial charge in [-0.15, -0.1) is 0 Å². The van der Waals surface area contributed by atoms with Crippen molar-refractivity contribution in [1.29, 1.82) is 0 Å². The number of rotatable bonds is 1. The molecule has 20 heavy (non-hydrogen) atoms. The van der Waals surface area contributed by atoms with Gasteiger partial charge in [-0.3, -0.25) is 9.59 Å². The summed E-state index contributed by atoms with van der Waals surface area (Å²) in [7, 11) is 1.47. The van der Waals surface area contributed by atoms with Gasteiger partial charge in [0.15, 0.2) is 0 Å². The van der Waals surface area contributed by atoms with Crippen LogP contribution in [-0.4, -0.2) is 18.4 Å². The van der Waals surface area contributed by atoms with Crippen LogP contribution in [0.25, 0.3) is 21.8 Å². The molecule has 0 saturated heterocycles. The topological polar surface area (TPSA) is 99.9 Å². The highest BCUT2D eigenvalue weighted by Gasteiger charge is 2.11. The quantitative estimate of drug-likeness (QED) is 0.402. The van der Waals surface area contributed by atoms with Crippen LogP contribution in [0.3, 0.4) is 0 Å². The van der Waals surface area contributed by atoms with E-state index in [2.05, 4.69) is 9.97 Å². The Morgan fingerprint density at radius 2 is 1.65 bits per heavy atom. The minimum atomic E-state index is -3.82. The standard InChI is InChI=1S/C12H7ClN2O4S/c13-20(18,19)7-2-3-8-6(5-7)1-4-9-10(8)15-12(17)11(16)14-9/h1-5H,(H,14,16)(H,15,17). The molecule has 2 aromatic carbocycles. The third kappa shape index (κ3) is 2.00. The number of fused-ring (bicyclic) bond motifs is 3. The van der Waals surface area contributed by atoms with Crippen LogP contribution in [0.5, 0.6) is 0 Å². The molecule has 0 fully saturated rings. The van der Waals surface area contributed by atoms with Crippen LogP contribution < -0.4 is 11.1 Å². The van der Waals surface area contributed by atoms with E-state index in [-0.39, 0.29) is 4.90 Å². The highest BCUT2D eigenvalue weighted by molar-refractivity contribution is 8.13. The predicted molar refractivity (Wildman–Crippen MR) is 75.7 cm³/mol. The second kappa shape index (κ2) is 4.19. The van der Waals surface area contributed by atoms with Crippen LogP contribution >= 0.6 is 10.7 Å². The van der Waals surface area contributed by atoms with Crippen molar-refractivity contribution >= 4 is 41.5 Å². The lowest BCUT2D eigenvalue weighted by molar-refractivity contribution is 0.609. The summed E-state index contributed by atoms with van der Waals surface area (Å²) >= 11 is 0. The van der Waals surface area contributed by atoms with Crippen molar-refractivity contribution < 1.29 is 8.42 Å². The first-order valence-electron chi connectivity index (χ1n) is 5.50. The molecular formula is C12H7ClN2O4S. The van der Waals surface area contributed by atoms with E-state index in [4.69, 9.17) is 10.7 Å². The maximum Gasteiger partial charge on any atom is 0.314 e. The average Bonchev–Trinajstić information content (AvgIpc) is 2.38. The zero-order valence-electron chi connectivity index (χ0n) is 9.81.